The average Bonchev–Trinajstić information content (AvgIpc) is 2.33. The maximum absolute atomic E-state index is 5.90. The zero-order valence-corrected chi connectivity index (χ0v) is 11.7. The molecule has 3 heteroatoms. The van der Waals surface area contributed by atoms with E-state index < -0.39 is 0 Å². The van der Waals surface area contributed by atoms with Crippen LogP contribution in [0.4, 0.5) is 0 Å². The molecule has 0 aromatic rings. The van der Waals surface area contributed by atoms with Gasteiger partial charge in [-0.25, -0.2) is 0 Å². The highest BCUT2D eigenvalue weighted by atomic mass is 16.5. The van der Waals surface area contributed by atoms with Crippen LogP contribution in [0.1, 0.15) is 46.0 Å². The van der Waals surface area contributed by atoms with Crippen molar-refractivity contribution < 1.29 is 9.47 Å². The van der Waals surface area contributed by atoms with E-state index in [9.17, 15) is 0 Å². The molecule has 1 saturated carbocycles. The number of hydrogen-bond donors (Lipinski definition) is 1. The molecule has 2 atom stereocenters. The molecule has 1 fully saturated rings. The molecular formula is C14H29NO2. The minimum atomic E-state index is 0.424. The molecule has 0 radical (unpaired) electrons. The van der Waals surface area contributed by atoms with Gasteiger partial charge in [0.05, 0.1) is 12.2 Å². The first-order chi connectivity index (χ1) is 8.22. The zero-order chi connectivity index (χ0) is 12.5. The van der Waals surface area contributed by atoms with E-state index in [-0.39, 0.29) is 0 Å². The van der Waals surface area contributed by atoms with Gasteiger partial charge < -0.3 is 14.8 Å². The van der Waals surface area contributed by atoms with Crippen LogP contribution in [0.3, 0.4) is 0 Å². The summed E-state index contributed by atoms with van der Waals surface area (Å²) in [5.41, 5.74) is 0. The van der Waals surface area contributed by atoms with E-state index >= 15 is 0 Å². The molecule has 0 aromatic carbocycles. The average molecular weight is 243 g/mol. The normalized spacial score (nSPS) is 25.4. The Morgan fingerprint density at radius 2 is 2.00 bits per heavy atom. The Balaban J connectivity index is 1.95. The highest BCUT2D eigenvalue weighted by molar-refractivity contribution is 4.73. The van der Waals surface area contributed by atoms with Crippen LogP contribution in [0, 0.1) is 5.92 Å². The second kappa shape index (κ2) is 8.90. The summed E-state index contributed by atoms with van der Waals surface area (Å²) in [7, 11) is 1.81. The summed E-state index contributed by atoms with van der Waals surface area (Å²) in [6.07, 6.45) is 6.70. The summed E-state index contributed by atoms with van der Waals surface area (Å²) >= 11 is 0. The van der Waals surface area contributed by atoms with Gasteiger partial charge >= 0.3 is 0 Å². The van der Waals surface area contributed by atoms with E-state index in [0.29, 0.717) is 12.2 Å². The molecule has 1 aliphatic rings. The maximum atomic E-state index is 5.90. The molecule has 0 amide bonds. The lowest BCUT2D eigenvalue weighted by atomic mass is 9.95. The van der Waals surface area contributed by atoms with Gasteiger partial charge in [-0.2, -0.15) is 0 Å². The second-order valence-corrected chi connectivity index (χ2v) is 5.47. The van der Waals surface area contributed by atoms with E-state index in [0.717, 1.165) is 38.5 Å². The summed E-state index contributed by atoms with van der Waals surface area (Å²) in [5.74, 6) is 0.733. The van der Waals surface area contributed by atoms with Crippen molar-refractivity contribution in [3.63, 3.8) is 0 Å². The third kappa shape index (κ3) is 7.02. The van der Waals surface area contributed by atoms with E-state index in [2.05, 4.69) is 19.2 Å². The molecule has 1 aliphatic carbocycles. The molecule has 1 rings (SSSR count). The van der Waals surface area contributed by atoms with Crippen LogP contribution in [-0.2, 0) is 9.47 Å². The summed E-state index contributed by atoms with van der Waals surface area (Å²) < 4.78 is 11.3. The van der Waals surface area contributed by atoms with Gasteiger partial charge in [-0.05, 0) is 51.1 Å². The summed E-state index contributed by atoms with van der Waals surface area (Å²) in [6.45, 7) is 7.52. The van der Waals surface area contributed by atoms with E-state index in [1.165, 1.54) is 19.3 Å². The minimum absolute atomic E-state index is 0.424. The summed E-state index contributed by atoms with van der Waals surface area (Å²) in [5, 5.41) is 3.44. The van der Waals surface area contributed by atoms with E-state index in [4.69, 9.17) is 9.47 Å². The fraction of sp³-hybridized carbons (Fsp3) is 1.00. The first-order valence-electron chi connectivity index (χ1n) is 7.07. The molecule has 0 aromatic heterocycles. The number of ether oxygens (including phenoxy) is 2. The van der Waals surface area contributed by atoms with Crippen molar-refractivity contribution in [2.75, 3.05) is 26.8 Å². The lowest BCUT2D eigenvalue weighted by Crippen LogP contribution is -2.28. The van der Waals surface area contributed by atoms with Crippen LogP contribution in [0.25, 0.3) is 0 Å². The summed E-state index contributed by atoms with van der Waals surface area (Å²) in [4.78, 5) is 0. The maximum Gasteiger partial charge on any atom is 0.0599 e. The molecule has 1 N–H and O–H groups in total. The lowest BCUT2D eigenvalue weighted by Gasteiger charge is -2.28. The third-order valence-corrected chi connectivity index (χ3v) is 3.32. The molecule has 0 aliphatic heterocycles. The SMILES string of the molecule is COC1CCCC(OCCCNCC(C)C)C1. The van der Waals surface area contributed by atoms with Gasteiger partial charge in [0.15, 0.2) is 0 Å². The van der Waals surface area contributed by atoms with Gasteiger partial charge in [-0.15, -0.1) is 0 Å². The van der Waals surface area contributed by atoms with Crippen molar-refractivity contribution in [2.24, 2.45) is 5.92 Å². The minimum Gasteiger partial charge on any atom is -0.381 e. The van der Waals surface area contributed by atoms with Crippen LogP contribution >= 0.6 is 0 Å². The molecule has 17 heavy (non-hydrogen) atoms. The Morgan fingerprint density at radius 1 is 1.24 bits per heavy atom. The number of hydrogen-bond acceptors (Lipinski definition) is 3. The molecule has 0 bridgehead atoms. The molecule has 2 unspecified atom stereocenters. The molecule has 3 nitrogen and oxygen atoms in total. The number of methoxy groups -OCH3 is 1. The Labute approximate surface area is 106 Å². The van der Waals surface area contributed by atoms with Crippen molar-refractivity contribution in [3.8, 4) is 0 Å². The van der Waals surface area contributed by atoms with E-state index in [1.54, 1.807) is 0 Å². The van der Waals surface area contributed by atoms with Crippen LogP contribution in [0.5, 0.6) is 0 Å². The largest absolute Gasteiger partial charge is 0.381 e. The fourth-order valence-corrected chi connectivity index (χ4v) is 2.31. The second-order valence-electron chi connectivity index (χ2n) is 5.47. The monoisotopic (exact) mass is 243 g/mol. The van der Waals surface area contributed by atoms with Crippen LogP contribution in [0.2, 0.25) is 0 Å². The fourth-order valence-electron chi connectivity index (χ4n) is 2.31. The predicted octanol–water partition coefficient (Wildman–Crippen LogP) is 2.60. The topological polar surface area (TPSA) is 30.5 Å². The molecule has 0 saturated heterocycles. The van der Waals surface area contributed by atoms with Crippen molar-refractivity contribution in [1.29, 1.82) is 0 Å². The third-order valence-electron chi connectivity index (χ3n) is 3.32. The van der Waals surface area contributed by atoms with Gasteiger partial charge in [-0.1, -0.05) is 13.8 Å². The van der Waals surface area contributed by atoms with Gasteiger partial charge in [0.2, 0.25) is 0 Å². The smallest absolute Gasteiger partial charge is 0.0599 e. The molecule has 102 valence electrons. The highest BCUT2D eigenvalue weighted by Gasteiger charge is 2.21. The van der Waals surface area contributed by atoms with Crippen molar-refractivity contribution >= 4 is 0 Å². The van der Waals surface area contributed by atoms with Crippen LogP contribution < -0.4 is 5.32 Å². The molecular weight excluding hydrogens is 214 g/mol. The van der Waals surface area contributed by atoms with Gasteiger partial charge in [0.25, 0.3) is 0 Å². The van der Waals surface area contributed by atoms with Gasteiger partial charge in [0, 0.05) is 13.7 Å². The Morgan fingerprint density at radius 3 is 2.71 bits per heavy atom. The zero-order valence-electron chi connectivity index (χ0n) is 11.7. The van der Waals surface area contributed by atoms with Crippen LogP contribution in [0.15, 0.2) is 0 Å². The predicted molar refractivity (Wildman–Crippen MR) is 71.3 cm³/mol. The quantitative estimate of drug-likeness (QED) is 0.665. The number of rotatable bonds is 8. The van der Waals surface area contributed by atoms with Gasteiger partial charge in [-0.3, -0.25) is 0 Å². The summed E-state index contributed by atoms with van der Waals surface area (Å²) in [6, 6.07) is 0. The Bertz CT molecular complexity index is 185. The first kappa shape index (κ1) is 14.9. The molecule has 0 spiro atoms. The molecule has 0 heterocycles. The van der Waals surface area contributed by atoms with Crippen molar-refractivity contribution in [2.45, 2.75) is 58.2 Å². The lowest BCUT2D eigenvalue weighted by molar-refractivity contribution is -0.0298. The Hall–Kier alpha value is -0.120. The van der Waals surface area contributed by atoms with Gasteiger partial charge in [0.1, 0.15) is 0 Å². The van der Waals surface area contributed by atoms with Crippen molar-refractivity contribution in [1.82, 2.24) is 5.32 Å². The number of nitrogens with one attached hydrogen (secondary N) is 1. The first-order valence-corrected chi connectivity index (χ1v) is 7.07. The van der Waals surface area contributed by atoms with Crippen molar-refractivity contribution in [3.05, 3.63) is 0 Å². The van der Waals surface area contributed by atoms with E-state index in [1.807, 2.05) is 7.11 Å². The standard InChI is InChI=1S/C14H29NO2/c1-12(2)11-15-8-5-9-17-14-7-4-6-13(10-14)16-3/h12-15H,4-11H2,1-3H3. The highest BCUT2D eigenvalue weighted by Crippen LogP contribution is 2.22. The van der Waals surface area contributed by atoms with Crippen LogP contribution in [-0.4, -0.2) is 39.0 Å². The Kier molecular flexibility index (Phi) is 7.82.